The lowest BCUT2D eigenvalue weighted by Gasteiger charge is -2.14. The molecule has 1 aromatic heterocycles. The second-order valence-electron chi connectivity index (χ2n) is 4.46. The summed E-state index contributed by atoms with van der Waals surface area (Å²) in [5, 5.41) is 0. The molecule has 0 bridgehead atoms. The smallest absolute Gasteiger partial charge is 0.355 e. The van der Waals surface area contributed by atoms with Gasteiger partial charge in [-0.25, -0.2) is 4.79 Å². The monoisotopic (exact) mass is 286 g/mol. The first kappa shape index (κ1) is 14.5. The first-order chi connectivity index (χ1) is 9.99. The molecule has 3 N–H and O–H groups in total. The molecular formula is C15H14N2O4. The van der Waals surface area contributed by atoms with E-state index >= 15 is 0 Å². The second kappa shape index (κ2) is 6.04. The number of primary amides is 1. The molecule has 1 atom stereocenters. The Labute approximate surface area is 120 Å². The highest BCUT2D eigenvalue weighted by Crippen LogP contribution is 2.18. The van der Waals surface area contributed by atoms with Crippen LogP contribution in [0.5, 0.6) is 0 Å². The third-order valence-electron chi connectivity index (χ3n) is 2.90. The Kier molecular flexibility index (Phi) is 4.18. The van der Waals surface area contributed by atoms with E-state index in [4.69, 9.17) is 10.5 Å². The summed E-state index contributed by atoms with van der Waals surface area (Å²) in [7, 11) is 0. The van der Waals surface area contributed by atoms with Gasteiger partial charge in [-0.1, -0.05) is 30.3 Å². The van der Waals surface area contributed by atoms with Crippen LogP contribution in [0.25, 0.3) is 0 Å². The van der Waals surface area contributed by atoms with Crippen LogP contribution >= 0.6 is 0 Å². The van der Waals surface area contributed by atoms with Crippen LogP contribution < -0.4 is 5.73 Å². The Balaban J connectivity index is 2.19. The van der Waals surface area contributed by atoms with Gasteiger partial charge in [0.05, 0.1) is 0 Å². The number of aromatic nitrogens is 1. The van der Waals surface area contributed by atoms with Crippen LogP contribution in [-0.2, 0) is 9.53 Å². The lowest BCUT2D eigenvalue weighted by Crippen LogP contribution is -2.26. The van der Waals surface area contributed by atoms with Gasteiger partial charge in [0.15, 0.2) is 5.78 Å². The third-order valence-corrected chi connectivity index (χ3v) is 2.90. The van der Waals surface area contributed by atoms with Crippen LogP contribution in [0.3, 0.4) is 0 Å². The van der Waals surface area contributed by atoms with Crippen molar-refractivity contribution in [2.75, 3.05) is 0 Å². The Morgan fingerprint density at radius 1 is 1.19 bits per heavy atom. The first-order valence-electron chi connectivity index (χ1n) is 6.23. The topological polar surface area (TPSA) is 102 Å². The number of nitrogens with two attached hydrogens (primary N) is 1. The number of H-pyrrole nitrogens is 1. The predicted molar refractivity (Wildman–Crippen MR) is 74.6 cm³/mol. The van der Waals surface area contributed by atoms with E-state index in [0.717, 1.165) is 0 Å². The van der Waals surface area contributed by atoms with E-state index in [1.165, 1.54) is 19.2 Å². The van der Waals surface area contributed by atoms with E-state index in [-0.39, 0.29) is 11.5 Å². The molecule has 0 spiro atoms. The van der Waals surface area contributed by atoms with E-state index in [9.17, 15) is 14.4 Å². The highest BCUT2D eigenvalue weighted by molar-refractivity contribution is 5.98. The number of carbonyl (C=O) groups excluding carboxylic acids is 3. The lowest BCUT2D eigenvalue weighted by molar-refractivity contribution is -0.127. The summed E-state index contributed by atoms with van der Waals surface area (Å²) in [5.41, 5.74) is 6.20. The lowest BCUT2D eigenvalue weighted by atomic mass is 10.1. The average Bonchev–Trinajstić information content (AvgIpc) is 2.95. The molecule has 1 heterocycles. The number of ether oxygens (including phenoxy) is 1. The van der Waals surface area contributed by atoms with Crippen LogP contribution in [0, 0.1) is 0 Å². The zero-order chi connectivity index (χ0) is 15.4. The van der Waals surface area contributed by atoms with Crippen LogP contribution in [-0.4, -0.2) is 22.6 Å². The van der Waals surface area contributed by atoms with Crippen LogP contribution in [0.15, 0.2) is 42.6 Å². The van der Waals surface area contributed by atoms with Crippen LogP contribution in [0.4, 0.5) is 0 Å². The zero-order valence-corrected chi connectivity index (χ0v) is 11.3. The molecule has 0 aliphatic heterocycles. The summed E-state index contributed by atoms with van der Waals surface area (Å²) in [6.45, 7) is 1.38. The molecule has 21 heavy (non-hydrogen) atoms. The van der Waals surface area contributed by atoms with Crippen molar-refractivity contribution in [3.05, 3.63) is 59.4 Å². The molecule has 0 saturated carbocycles. The van der Waals surface area contributed by atoms with Gasteiger partial charge in [0.1, 0.15) is 5.69 Å². The minimum Gasteiger partial charge on any atom is -0.443 e. The van der Waals surface area contributed by atoms with Crippen molar-refractivity contribution in [3.63, 3.8) is 0 Å². The van der Waals surface area contributed by atoms with E-state index in [1.807, 2.05) is 0 Å². The van der Waals surface area contributed by atoms with Crippen LogP contribution in [0.1, 0.15) is 39.4 Å². The highest BCUT2D eigenvalue weighted by Gasteiger charge is 2.24. The Bertz CT molecular complexity index is 676. The Morgan fingerprint density at radius 2 is 1.86 bits per heavy atom. The van der Waals surface area contributed by atoms with Crippen molar-refractivity contribution in [2.45, 2.75) is 13.0 Å². The average molecular weight is 286 g/mol. The number of carbonyl (C=O) groups is 3. The van der Waals surface area contributed by atoms with Crippen molar-refractivity contribution in [3.8, 4) is 0 Å². The minimum absolute atomic E-state index is 0.0855. The molecule has 0 saturated heterocycles. The van der Waals surface area contributed by atoms with Gasteiger partial charge in [-0.3, -0.25) is 9.59 Å². The maximum atomic E-state index is 12.0. The molecule has 0 fully saturated rings. The molecule has 1 aromatic carbocycles. The molecule has 6 heteroatoms. The predicted octanol–water partition coefficient (Wildman–Crippen LogP) is 1.60. The van der Waals surface area contributed by atoms with Gasteiger partial charge in [-0.15, -0.1) is 0 Å². The number of aromatic amines is 1. The number of hydrogen-bond acceptors (Lipinski definition) is 4. The van der Waals surface area contributed by atoms with Gasteiger partial charge in [0.2, 0.25) is 6.10 Å². The fourth-order valence-corrected chi connectivity index (χ4v) is 1.80. The van der Waals surface area contributed by atoms with Gasteiger partial charge < -0.3 is 15.5 Å². The number of rotatable bonds is 5. The van der Waals surface area contributed by atoms with Crippen molar-refractivity contribution in [1.29, 1.82) is 0 Å². The van der Waals surface area contributed by atoms with Gasteiger partial charge in [0, 0.05) is 17.3 Å². The van der Waals surface area contributed by atoms with Crippen molar-refractivity contribution in [1.82, 2.24) is 4.98 Å². The quantitative estimate of drug-likeness (QED) is 0.643. The van der Waals surface area contributed by atoms with E-state index in [1.54, 1.807) is 30.3 Å². The number of benzene rings is 1. The number of amides is 1. The van der Waals surface area contributed by atoms with E-state index < -0.39 is 18.0 Å². The molecule has 1 unspecified atom stereocenters. The maximum Gasteiger partial charge on any atom is 0.355 e. The number of esters is 1. The molecule has 1 amide bonds. The van der Waals surface area contributed by atoms with Crippen LogP contribution in [0.2, 0.25) is 0 Å². The summed E-state index contributed by atoms with van der Waals surface area (Å²) in [6.07, 6.45) is 0.226. The molecule has 0 aliphatic rings. The van der Waals surface area contributed by atoms with Crippen molar-refractivity contribution < 1.29 is 19.1 Å². The summed E-state index contributed by atoms with van der Waals surface area (Å²) in [6, 6.07) is 9.83. The van der Waals surface area contributed by atoms with Gasteiger partial charge >= 0.3 is 5.97 Å². The van der Waals surface area contributed by atoms with Gasteiger partial charge in [-0.05, 0) is 13.0 Å². The SMILES string of the molecule is CC(=O)c1c[nH]c(C(=O)OC(C(N)=O)c2ccccc2)c1. The summed E-state index contributed by atoms with van der Waals surface area (Å²) < 4.78 is 5.12. The van der Waals surface area contributed by atoms with Gasteiger partial charge in [0.25, 0.3) is 5.91 Å². The standard InChI is InChI=1S/C15H14N2O4/c1-9(18)11-7-12(17-8-11)15(20)21-13(14(16)19)10-5-3-2-4-6-10/h2-8,13,17H,1H3,(H2,16,19). The third kappa shape index (κ3) is 3.36. The highest BCUT2D eigenvalue weighted by atomic mass is 16.5. The molecule has 6 nitrogen and oxygen atoms in total. The summed E-state index contributed by atoms with van der Waals surface area (Å²) in [4.78, 5) is 37.3. The number of Topliss-reactive ketones (excluding diaryl/α,β-unsaturated/α-hetero) is 1. The molecule has 0 radical (unpaired) electrons. The zero-order valence-electron chi connectivity index (χ0n) is 11.3. The molecule has 2 rings (SSSR count). The van der Waals surface area contributed by atoms with Gasteiger partial charge in [-0.2, -0.15) is 0 Å². The molecular weight excluding hydrogens is 272 g/mol. The first-order valence-corrected chi connectivity index (χ1v) is 6.23. The molecule has 0 aliphatic carbocycles. The fourth-order valence-electron chi connectivity index (χ4n) is 1.80. The number of hydrogen-bond donors (Lipinski definition) is 2. The summed E-state index contributed by atoms with van der Waals surface area (Å²) in [5.74, 6) is -1.71. The number of nitrogens with one attached hydrogen (secondary N) is 1. The Morgan fingerprint density at radius 3 is 2.38 bits per heavy atom. The normalized spacial score (nSPS) is 11.7. The summed E-state index contributed by atoms with van der Waals surface area (Å²) >= 11 is 0. The number of ketones is 1. The fraction of sp³-hybridized carbons (Fsp3) is 0.133. The molecule has 108 valence electrons. The molecule has 2 aromatic rings. The van der Waals surface area contributed by atoms with E-state index in [2.05, 4.69) is 4.98 Å². The van der Waals surface area contributed by atoms with Crippen molar-refractivity contribution in [2.24, 2.45) is 5.73 Å². The largest absolute Gasteiger partial charge is 0.443 e. The maximum absolute atomic E-state index is 12.0. The Hall–Kier alpha value is -2.89. The van der Waals surface area contributed by atoms with E-state index in [0.29, 0.717) is 11.1 Å². The second-order valence-corrected chi connectivity index (χ2v) is 4.46. The van der Waals surface area contributed by atoms with Crippen molar-refractivity contribution >= 4 is 17.7 Å². The minimum atomic E-state index is -1.18.